The lowest BCUT2D eigenvalue weighted by atomic mass is 9.95. The van der Waals surface area contributed by atoms with E-state index in [4.69, 9.17) is 14.2 Å². The first kappa shape index (κ1) is 24.6. The topological polar surface area (TPSA) is 88.7 Å². The fourth-order valence-electron chi connectivity index (χ4n) is 4.28. The van der Waals surface area contributed by atoms with Crippen LogP contribution in [-0.4, -0.2) is 61.0 Å². The molecule has 0 radical (unpaired) electrons. The molecule has 0 fully saturated rings. The van der Waals surface area contributed by atoms with Crippen molar-refractivity contribution >= 4 is 11.6 Å². The number of nitrogens with zero attached hydrogens (tertiary/aromatic N) is 2. The number of carbonyl (C=O) groups excluding carboxylic acids is 1. The van der Waals surface area contributed by atoms with Gasteiger partial charge >= 0.3 is 0 Å². The lowest BCUT2D eigenvalue weighted by Gasteiger charge is -2.25. The van der Waals surface area contributed by atoms with Crippen LogP contribution in [0, 0.1) is 12.8 Å². The van der Waals surface area contributed by atoms with Crippen LogP contribution in [0.3, 0.4) is 0 Å². The first-order chi connectivity index (χ1) is 17.0. The first-order valence-corrected chi connectivity index (χ1v) is 12.1. The number of rotatable bonds is 10. The summed E-state index contributed by atoms with van der Waals surface area (Å²) in [5.74, 6) is 1.79. The molecule has 0 bridgehead atoms. The van der Waals surface area contributed by atoms with Gasteiger partial charge in [-0.3, -0.25) is 9.89 Å². The lowest BCUT2D eigenvalue weighted by Crippen LogP contribution is -2.33. The Hall–Kier alpha value is -3.52. The molecule has 0 spiro atoms. The summed E-state index contributed by atoms with van der Waals surface area (Å²) in [7, 11) is 1.63. The van der Waals surface area contributed by atoms with Crippen LogP contribution in [-0.2, 0) is 11.2 Å². The van der Waals surface area contributed by atoms with E-state index in [-0.39, 0.29) is 11.8 Å². The number of methoxy groups -OCH3 is 1. The Balaban J connectivity index is 1.52. The molecule has 1 aliphatic heterocycles. The lowest BCUT2D eigenvalue weighted by molar-refractivity contribution is -0.121. The van der Waals surface area contributed by atoms with E-state index in [2.05, 4.69) is 34.3 Å². The van der Waals surface area contributed by atoms with Crippen LogP contribution in [0.2, 0.25) is 0 Å². The fourth-order valence-corrected chi connectivity index (χ4v) is 4.28. The molecule has 2 N–H and O–H groups in total. The van der Waals surface area contributed by atoms with Crippen molar-refractivity contribution in [3.63, 3.8) is 0 Å². The van der Waals surface area contributed by atoms with Gasteiger partial charge in [0, 0.05) is 17.8 Å². The van der Waals surface area contributed by atoms with Crippen LogP contribution in [0.15, 0.2) is 42.6 Å². The van der Waals surface area contributed by atoms with E-state index in [9.17, 15) is 4.79 Å². The van der Waals surface area contributed by atoms with E-state index in [1.54, 1.807) is 13.3 Å². The second-order valence-corrected chi connectivity index (χ2v) is 8.67. The summed E-state index contributed by atoms with van der Waals surface area (Å²) < 4.78 is 17.4. The molecule has 0 saturated heterocycles. The molecular formula is C27H34N4O4. The molecular weight excluding hydrogens is 444 g/mol. The van der Waals surface area contributed by atoms with Gasteiger partial charge < -0.3 is 24.4 Å². The third kappa shape index (κ3) is 5.77. The number of aryl methyl sites for hydroxylation is 1. The van der Waals surface area contributed by atoms with Gasteiger partial charge in [-0.1, -0.05) is 19.9 Å². The van der Waals surface area contributed by atoms with Crippen molar-refractivity contribution in [2.45, 2.75) is 27.2 Å². The molecule has 1 amide bonds. The van der Waals surface area contributed by atoms with E-state index in [1.807, 2.05) is 43.3 Å². The molecule has 8 nitrogen and oxygen atoms in total. The zero-order valence-electron chi connectivity index (χ0n) is 20.9. The highest BCUT2D eigenvalue weighted by Gasteiger charge is 2.27. The zero-order chi connectivity index (χ0) is 24.8. The highest BCUT2D eigenvalue weighted by atomic mass is 16.5. The monoisotopic (exact) mass is 478 g/mol. The molecule has 8 heteroatoms. The molecule has 4 rings (SSSR count). The molecule has 0 aliphatic carbocycles. The predicted molar refractivity (Wildman–Crippen MR) is 136 cm³/mol. The molecule has 2 aromatic carbocycles. The second-order valence-electron chi connectivity index (χ2n) is 8.67. The number of aromatic amines is 1. The number of amides is 1. The van der Waals surface area contributed by atoms with Gasteiger partial charge in [0.1, 0.15) is 30.5 Å². The van der Waals surface area contributed by atoms with Gasteiger partial charge in [-0.2, -0.15) is 5.10 Å². The number of hydrogen-bond donors (Lipinski definition) is 2. The van der Waals surface area contributed by atoms with Crippen LogP contribution in [0.1, 0.15) is 25.1 Å². The quantitative estimate of drug-likeness (QED) is 0.452. The molecule has 0 unspecified atom stereocenters. The van der Waals surface area contributed by atoms with Crippen LogP contribution < -0.4 is 19.5 Å². The Kier molecular flexibility index (Phi) is 7.92. The number of aromatic nitrogens is 2. The van der Waals surface area contributed by atoms with Gasteiger partial charge in [0.2, 0.25) is 5.91 Å². The van der Waals surface area contributed by atoms with Crippen molar-refractivity contribution in [3.8, 4) is 28.4 Å². The van der Waals surface area contributed by atoms with Crippen molar-refractivity contribution in [2.24, 2.45) is 5.92 Å². The molecule has 3 aromatic rings. The number of carbonyl (C=O) groups is 1. The van der Waals surface area contributed by atoms with Crippen molar-refractivity contribution in [2.75, 3.05) is 45.3 Å². The number of benzene rings is 2. The van der Waals surface area contributed by atoms with E-state index in [0.717, 1.165) is 53.5 Å². The third-order valence-corrected chi connectivity index (χ3v) is 6.48. The Labute approximate surface area is 206 Å². The van der Waals surface area contributed by atoms with Gasteiger partial charge in [-0.25, -0.2) is 0 Å². The average Bonchev–Trinajstić information content (AvgIpc) is 3.32. The van der Waals surface area contributed by atoms with E-state index in [1.165, 1.54) is 0 Å². The minimum atomic E-state index is -0.311. The number of hydrogen-bond acceptors (Lipinski definition) is 6. The highest BCUT2D eigenvalue weighted by Crippen LogP contribution is 2.34. The molecule has 0 saturated carbocycles. The molecule has 2 heterocycles. The van der Waals surface area contributed by atoms with Crippen molar-refractivity contribution in [3.05, 3.63) is 53.9 Å². The number of likely N-dealkylation sites (N-methyl/N-ethyl adjacent to an activating group) is 1. The van der Waals surface area contributed by atoms with Crippen LogP contribution >= 0.6 is 0 Å². The van der Waals surface area contributed by atoms with Crippen molar-refractivity contribution < 1.29 is 19.0 Å². The SMILES string of the molecule is CCN(CC)CCOc1cc(-c2cn[nH]c2C)ccc1NC(=O)[C@@H]1COc2ccc(OC)cc2C1. The fraction of sp³-hybridized carbons (Fsp3) is 0.407. The maximum absolute atomic E-state index is 13.2. The third-order valence-electron chi connectivity index (χ3n) is 6.48. The van der Waals surface area contributed by atoms with E-state index in [0.29, 0.717) is 31.1 Å². The van der Waals surface area contributed by atoms with Gasteiger partial charge in [-0.15, -0.1) is 0 Å². The largest absolute Gasteiger partial charge is 0.497 e. The Morgan fingerprint density at radius 2 is 2.06 bits per heavy atom. The maximum atomic E-state index is 13.2. The predicted octanol–water partition coefficient (Wildman–Crippen LogP) is 4.30. The maximum Gasteiger partial charge on any atom is 0.231 e. The number of ether oxygens (including phenoxy) is 3. The summed E-state index contributed by atoms with van der Waals surface area (Å²) in [5, 5.41) is 10.2. The number of nitrogens with one attached hydrogen (secondary N) is 2. The number of anilines is 1. The normalized spacial score (nSPS) is 14.8. The first-order valence-electron chi connectivity index (χ1n) is 12.1. The Bertz CT molecular complexity index is 1160. The molecule has 1 aromatic heterocycles. The molecule has 35 heavy (non-hydrogen) atoms. The van der Waals surface area contributed by atoms with Gasteiger partial charge in [-0.05, 0) is 67.9 Å². The summed E-state index contributed by atoms with van der Waals surface area (Å²) in [6.45, 7) is 9.85. The Morgan fingerprint density at radius 3 is 2.77 bits per heavy atom. The van der Waals surface area contributed by atoms with E-state index >= 15 is 0 Å². The minimum absolute atomic E-state index is 0.0979. The van der Waals surface area contributed by atoms with Crippen LogP contribution in [0.5, 0.6) is 17.2 Å². The van der Waals surface area contributed by atoms with Crippen LogP contribution in [0.4, 0.5) is 5.69 Å². The van der Waals surface area contributed by atoms with Crippen molar-refractivity contribution in [1.82, 2.24) is 15.1 Å². The highest BCUT2D eigenvalue weighted by molar-refractivity contribution is 5.95. The standard InChI is InChI=1S/C27H34N4O4/c1-5-31(6-2)11-12-34-26-15-19(23-16-28-30-18(23)3)7-9-24(26)29-27(32)21-13-20-14-22(33-4)8-10-25(20)35-17-21/h7-10,14-16,21H,5-6,11-13,17H2,1-4H3,(H,28,30)(H,29,32)/t21-/m0/s1. The summed E-state index contributed by atoms with van der Waals surface area (Å²) in [6.07, 6.45) is 2.39. The van der Waals surface area contributed by atoms with E-state index < -0.39 is 0 Å². The molecule has 186 valence electrons. The van der Waals surface area contributed by atoms with Gasteiger partial charge in [0.15, 0.2) is 0 Å². The summed E-state index contributed by atoms with van der Waals surface area (Å²) in [4.78, 5) is 15.5. The zero-order valence-corrected chi connectivity index (χ0v) is 20.9. The molecule has 1 aliphatic rings. The number of H-pyrrole nitrogens is 1. The smallest absolute Gasteiger partial charge is 0.231 e. The van der Waals surface area contributed by atoms with Crippen LogP contribution in [0.25, 0.3) is 11.1 Å². The average molecular weight is 479 g/mol. The molecule has 1 atom stereocenters. The summed E-state index contributed by atoms with van der Waals surface area (Å²) >= 11 is 0. The van der Waals surface area contributed by atoms with Crippen molar-refractivity contribution in [1.29, 1.82) is 0 Å². The minimum Gasteiger partial charge on any atom is -0.497 e. The summed E-state index contributed by atoms with van der Waals surface area (Å²) in [5.41, 5.74) is 4.58. The van der Waals surface area contributed by atoms with Gasteiger partial charge in [0.25, 0.3) is 0 Å². The second kappa shape index (κ2) is 11.3. The Morgan fingerprint density at radius 1 is 1.23 bits per heavy atom. The van der Waals surface area contributed by atoms with Gasteiger partial charge in [0.05, 0.1) is 24.9 Å². The summed E-state index contributed by atoms with van der Waals surface area (Å²) in [6, 6.07) is 11.5. The number of fused-ring (bicyclic) bond motifs is 1.